The molecule has 3 heteroatoms. The number of rotatable bonds is 3. The third kappa shape index (κ3) is 1.82. The van der Waals surface area contributed by atoms with Crippen LogP contribution < -0.4 is 5.32 Å². The Bertz CT molecular complexity index is 391. The van der Waals surface area contributed by atoms with Crippen molar-refractivity contribution in [2.75, 3.05) is 5.32 Å². The molecule has 0 saturated carbocycles. The van der Waals surface area contributed by atoms with Crippen LogP contribution in [0, 0.1) is 6.92 Å². The van der Waals surface area contributed by atoms with Gasteiger partial charge in [0.15, 0.2) is 0 Å². The standard InChI is InChI=1S/C11H13NOS/c1-8-6-14-7-11(8)12-9(2)10-3-4-13-5-10/h3-7,9,12H,1-2H3. The fourth-order valence-electron chi connectivity index (χ4n) is 1.35. The molecule has 0 bridgehead atoms. The topological polar surface area (TPSA) is 25.2 Å². The number of hydrogen-bond donors (Lipinski definition) is 1. The van der Waals surface area contributed by atoms with Crippen LogP contribution in [-0.4, -0.2) is 0 Å². The lowest BCUT2D eigenvalue weighted by molar-refractivity contribution is 0.562. The zero-order valence-corrected chi connectivity index (χ0v) is 9.10. The molecule has 0 aliphatic carbocycles. The van der Waals surface area contributed by atoms with E-state index in [4.69, 9.17) is 4.42 Å². The molecule has 1 N–H and O–H groups in total. The van der Waals surface area contributed by atoms with Crippen molar-refractivity contribution in [3.63, 3.8) is 0 Å². The van der Waals surface area contributed by atoms with E-state index in [1.165, 1.54) is 16.8 Å². The summed E-state index contributed by atoms with van der Waals surface area (Å²) >= 11 is 1.72. The van der Waals surface area contributed by atoms with E-state index in [1.807, 2.05) is 6.07 Å². The number of nitrogens with one attached hydrogen (secondary N) is 1. The predicted molar refractivity (Wildman–Crippen MR) is 59.8 cm³/mol. The minimum atomic E-state index is 0.294. The van der Waals surface area contributed by atoms with Crippen LogP contribution in [0.15, 0.2) is 33.8 Å². The molecule has 2 aromatic rings. The molecule has 0 aliphatic heterocycles. The van der Waals surface area contributed by atoms with Gasteiger partial charge in [-0.3, -0.25) is 0 Å². The van der Waals surface area contributed by atoms with E-state index >= 15 is 0 Å². The van der Waals surface area contributed by atoms with E-state index in [-0.39, 0.29) is 0 Å². The van der Waals surface area contributed by atoms with Gasteiger partial charge in [0.1, 0.15) is 0 Å². The normalized spacial score (nSPS) is 12.7. The average Bonchev–Trinajstić information content (AvgIpc) is 2.77. The molecule has 2 aromatic heterocycles. The Balaban J connectivity index is 2.09. The zero-order chi connectivity index (χ0) is 9.97. The second kappa shape index (κ2) is 3.88. The largest absolute Gasteiger partial charge is 0.472 e. The maximum Gasteiger partial charge on any atom is 0.0955 e. The van der Waals surface area contributed by atoms with Gasteiger partial charge >= 0.3 is 0 Å². The summed E-state index contributed by atoms with van der Waals surface area (Å²) < 4.78 is 5.05. The highest BCUT2D eigenvalue weighted by atomic mass is 32.1. The number of furan rings is 1. The van der Waals surface area contributed by atoms with Gasteiger partial charge in [-0.25, -0.2) is 0 Å². The first-order chi connectivity index (χ1) is 6.77. The van der Waals surface area contributed by atoms with Crippen LogP contribution >= 0.6 is 11.3 Å². The molecule has 0 aliphatic rings. The van der Waals surface area contributed by atoms with Crippen molar-refractivity contribution in [2.24, 2.45) is 0 Å². The molecule has 0 radical (unpaired) electrons. The van der Waals surface area contributed by atoms with Gasteiger partial charge in [0.05, 0.1) is 18.6 Å². The predicted octanol–water partition coefficient (Wildman–Crippen LogP) is 3.82. The lowest BCUT2D eigenvalue weighted by Crippen LogP contribution is -2.05. The summed E-state index contributed by atoms with van der Waals surface area (Å²) in [5.41, 5.74) is 3.68. The van der Waals surface area contributed by atoms with Crippen LogP contribution in [0.3, 0.4) is 0 Å². The lowest BCUT2D eigenvalue weighted by Gasteiger charge is -2.12. The minimum absolute atomic E-state index is 0.294. The summed E-state index contributed by atoms with van der Waals surface area (Å²) in [6, 6.07) is 2.28. The smallest absolute Gasteiger partial charge is 0.0955 e. The van der Waals surface area contributed by atoms with Gasteiger partial charge in [0.2, 0.25) is 0 Å². The molecule has 0 aromatic carbocycles. The van der Waals surface area contributed by atoms with E-state index in [9.17, 15) is 0 Å². The molecule has 2 rings (SSSR count). The summed E-state index contributed by atoms with van der Waals surface area (Å²) in [5, 5.41) is 7.72. The van der Waals surface area contributed by atoms with Gasteiger partial charge in [-0.1, -0.05) is 0 Å². The van der Waals surface area contributed by atoms with Gasteiger partial charge in [0, 0.05) is 16.6 Å². The molecule has 2 nitrogen and oxygen atoms in total. The Kier molecular flexibility index (Phi) is 2.59. The summed E-state index contributed by atoms with van der Waals surface area (Å²) in [6.45, 7) is 4.24. The minimum Gasteiger partial charge on any atom is -0.472 e. The van der Waals surface area contributed by atoms with Crippen LogP contribution in [0.2, 0.25) is 0 Å². The third-order valence-electron chi connectivity index (χ3n) is 2.27. The number of aryl methyl sites for hydroxylation is 1. The Morgan fingerprint density at radius 1 is 1.43 bits per heavy atom. The van der Waals surface area contributed by atoms with Gasteiger partial charge in [-0.2, -0.15) is 0 Å². The molecule has 0 amide bonds. The van der Waals surface area contributed by atoms with E-state index in [1.54, 1.807) is 23.9 Å². The van der Waals surface area contributed by atoms with Crippen molar-refractivity contribution < 1.29 is 4.42 Å². The van der Waals surface area contributed by atoms with Crippen LogP contribution in [0.4, 0.5) is 5.69 Å². The Labute approximate surface area is 87.6 Å². The quantitative estimate of drug-likeness (QED) is 0.827. The SMILES string of the molecule is Cc1cscc1NC(C)c1ccoc1. The lowest BCUT2D eigenvalue weighted by atomic mass is 10.1. The number of hydrogen-bond acceptors (Lipinski definition) is 3. The second-order valence-electron chi connectivity index (χ2n) is 3.39. The molecule has 0 saturated heterocycles. The first-order valence-corrected chi connectivity index (χ1v) is 5.53. The maximum atomic E-state index is 5.05. The van der Waals surface area contributed by atoms with Gasteiger partial charge in [0.25, 0.3) is 0 Å². The highest BCUT2D eigenvalue weighted by Crippen LogP contribution is 2.24. The first-order valence-electron chi connectivity index (χ1n) is 4.59. The summed E-state index contributed by atoms with van der Waals surface area (Å²) in [7, 11) is 0. The molecule has 74 valence electrons. The molecular weight excluding hydrogens is 194 g/mol. The van der Waals surface area contributed by atoms with Gasteiger partial charge in [-0.05, 0) is 30.9 Å². The van der Waals surface area contributed by atoms with Crippen LogP contribution in [0.1, 0.15) is 24.1 Å². The van der Waals surface area contributed by atoms with Crippen molar-refractivity contribution >= 4 is 17.0 Å². The van der Waals surface area contributed by atoms with Gasteiger partial charge < -0.3 is 9.73 Å². The molecule has 0 spiro atoms. The number of anilines is 1. The molecule has 0 fully saturated rings. The Hall–Kier alpha value is -1.22. The second-order valence-corrected chi connectivity index (χ2v) is 4.13. The Morgan fingerprint density at radius 3 is 2.86 bits per heavy atom. The van der Waals surface area contributed by atoms with E-state index < -0.39 is 0 Å². The van der Waals surface area contributed by atoms with Crippen molar-refractivity contribution in [3.05, 3.63) is 40.5 Å². The molecular formula is C11H13NOS. The zero-order valence-electron chi connectivity index (χ0n) is 8.28. The summed E-state index contributed by atoms with van der Waals surface area (Å²) in [5.74, 6) is 0. The number of thiophene rings is 1. The highest BCUT2D eigenvalue weighted by molar-refractivity contribution is 7.08. The monoisotopic (exact) mass is 207 g/mol. The first kappa shape index (κ1) is 9.34. The van der Waals surface area contributed by atoms with Crippen molar-refractivity contribution in [3.8, 4) is 0 Å². The molecule has 1 unspecified atom stereocenters. The van der Waals surface area contributed by atoms with Crippen LogP contribution in [0.25, 0.3) is 0 Å². The summed E-state index contributed by atoms with van der Waals surface area (Å²) in [6.07, 6.45) is 3.48. The fraction of sp³-hybridized carbons (Fsp3) is 0.273. The average molecular weight is 207 g/mol. The molecule has 2 heterocycles. The van der Waals surface area contributed by atoms with Gasteiger partial charge in [-0.15, -0.1) is 11.3 Å². The maximum absolute atomic E-state index is 5.05. The Morgan fingerprint density at radius 2 is 2.29 bits per heavy atom. The van der Waals surface area contributed by atoms with Crippen LogP contribution in [0.5, 0.6) is 0 Å². The molecule has 14 heavy (non-hydrogen) atoms. The molecule has 1 atom stereocenters. The highest BCUT2D eigenvalue weighted by Gasteiger charge is 2.07. The van der Waals surface area contributed by atoms with Crippen molar-refractivity contribution in [1.29, 1.82) is 0 Å². The van der Waals surface area contributed by atoms with Crippen molar-refractivity contribution in [2.45, 2.75) is 19.9 Å². The van der Waals surface area contributed by atoms with E-state index in [0.717, 1.165) is 0 Å². The summed E-state index contributed by atoms with van der Waals surface area (Å²) in [4.78, 5) is 0. The van der Waals surface area contributed by atoms with E-state index in [2.05, 4.69) is 29.9 Å². The van der Waals surface area contributed by atoms with Crippen LogP contribution in [-0.2, 0) is 0 Å². The van der Waals surface area contributed by atoms with E-state index in [0.29, 0.717) is 6.04 Å². The fourth-order valence-corrected chi connectivity index (χ4v) is 2.14. The van der Waals surface area contributed by atoms with Crippen molar-refractivity contribution in [1.82, 2.24) is 0 Å². The third-order valence-corrected chi connectivity index (χ3v) is 3.13.